The van der Waals surface area contributed by atoms with E-state index in [1.807, 2.05) is 54.6 Å². The molecule has 0 aliphatic heterocycles. The van der Waals surface area contributed by atoms with Crippen molar-refractivity contribution < 1.29 is 4.74 Å². The van der Waals surface area contributed by atoms with Gasteiger partial charge in [-0.25, -0.2) is 4.99 Å². The van der Waals surface area contributed by atoms with Crippen molar-refractivity contribution in [2.24, 2.45) is 10.7 Å². The second-order valence-electron chi connectivity index (χ2n) is 6.46. The monoisotopic (exact) mass is 488 g/mol. The van der Waals surface area contributed by atoms with E-state index in [0.717, 1.165) is 22.7 Å². The van der Waals surface area contributed by atoms with E-state index in [1.165, 1.54) is 11.1 Å². The van der Waals surface area contributed by atoms with Crippen molar-refractivity contribution in [2.75, 3.05) is 5.32 Å². The van der Waals surface area contributed by atoms with Crippen LogP contribution in [0.5, 0.6) is 5.75 Å². The fourth-order valence-electron chi connectivity index (χ4n) is 2.79. The summed E-state index contributed by atoms with van der Waals surface area (Å²) in [7, 11) is 0. The number of nitrogens with two attached hydrogens (primary N) is 1. The molecule has 28 heavy (non-hydrogen) atoms. The number of ether oxygens (including phenoxy) is 1. The normalized spacial score (nSPS) is 10.9. The van der Waals surface area contributed by atoms with Gasteiger partial charge in [0.15, 0.2) is 5.96 Å². The van der Waals surface area contributed by atoms with E-state index < -0.39 is 0 Å². The summed E-state index contributed by atoms with van der Waals surface area (Å²) in [5.41, 5.74) is 11.3. The number of guanidine groups is 1. The first-order valence-electron chi connectivity index (χ1n) is 8.85. The smallest absolute Gasteiger partial charge is 0.193 e. The van der Waals surface area contributed by atoms with Crippen LogP contribution in [0.1, 0.15) is 22.4 Å². The number of benzene rings is 2. The number of aliphatic imine (C=N–C) groups is 1. The maximum absolute atomic E-state index is 6.03. The number of halogens is 1. The zero-order valence-electron chi connectivity index (χ0n) is 16.1. The molecule has 2 aromatic carbocycles. The zero-order valence-corrected chi connectivity index (χ0v) is 18.4. The standard InChI is InChI=1S/C22H24N4O.HI/c1-16-10-17(2)12-20(11-16)26-22(23)25-14-18-6-5-8-21(13-18)27-15-19-7-3-4-9-24-19;/h3-13H,14-15H2,1-2H3,(H3,23,25,26);1H. The first-order valence-corrected chi connectivity index (χ1v) is 8.85. The van der Waals surface area contributed by atoms with E-state index in [9.17, 15) is 0 Å². The molecule has 1 heterocycles. The molecular formula is C22H25IN4O. The van der Waals surface area contributed by atoms with Crippen molar-refractivity contribution in [1.82, 2.24) is 4.98 Å². The molecule has 0 amide bonds. The Bertz CT molecular complexity index is 909. The summed E-state index contributed by atoms with van der Waals surface area (Å²) in [6, 6.07) is 19.8. The molecule has 0 aliphatic rings. The molecule has 0 saturated heterocycles. The molecule has 3 N–H and O–H groups in total. The number of rotatable bonds is 6. The van der Waals surface area contributed by atoms with Crippen molar-refractivity contribution in [2.45, 2.75) is 27.0 Å². The average molecular weight is 488 g/mol. The summed E-state index contributed by atoms with van der Waals surface area (Å²) in [6.45, 7) is 5.03. The Kier molecular flexibility index (Phi) is 8.25. The molecule has 146 valence electrons. The molecule has 1 aromatic heterocycles. The second-order valence-corrected chi connectivity index (χ2v) is 6.46. The van der Waals surface area contributed by atoms with Gasteiger partial charge in [-0.2, -0.15) is 0 Å². The molecule has 0 aliphatic carbocycles. The molecule has 0 unspecified atom stereocenters. The van der Waals surface area contributed by atoms with Crippen LogP contribution in [0.4, 0.5) is 5.69 Å². The lowest BCUT2D eigenvalue weighted by Gasteiger charge is -2.09. The highest BCUT2D eigenvalue weighted by Gasteiger charge is 2.01. The molecule has 0 saturated carbocycles. The predicted octanol–water partition coefficient (Wildman–Crippen LogP) is 4.82. The Morgan fingerprint density at radius 1 is 1.04 bits per heavy atom. The van der Waals surface area contributed by atoms with Gasteiger partial charge in [0.05, 0.1) is 12.2 Å². The fraction of sp³-hybridized carbons (Fsp3) is 0.182. The van der Waals surface area contributed by atoms with Crippen LogP contribution >= 0.6 is 24.0 Å². The Labute approximate surface area is 183 Å². The third-order valence-electron chi connectivity index (χ3n) is 3.94. The summed E-state index contributed by atoms with van der Waals surface area (Å²) in [5.74, 6) is 1.17. The largest absolute Gasteiger partial charge is 0.487 e. The van der Waals surface area contributed by atoms with Crippen molar-refractivity contribution in [3.05, 3.63) is 89.2 Å². The number of nitrogens with zero attached hydrogens (tertiary/aromatic N) is 2. The Balaban J connectivity index is 0.00000280. The summed E-state index contributed by atoms with van der Waals surface area (Å²) in [5, 5.41) is 3.14. The zero-order chi connectivity index (χ0) is 19.1. The third-order valence-corrected chi connectivity index (χ3v) is 3.94. The van der Waals surface area contributed by atoms with E-state index in [4.69, 9.17) is 10.5 Å². The van der Waals surface area contributed by atoms with Crippen LogP contribution in [0.2, 0.25) is 0 Å². The van der Waals surface area contributed by atoms with Crippen LogP contribution in [-0.4, -0.2) is 10.9 Å². The predicted molar refractivity (Wildman–Crippen MR) is 125 cm³/mol. The molecule has 5 nitrogen and oxygen atoms in total. The molecular weight excluding hydrogens is 463 g/mol. The number of anilines is 1. The SMILES string of the molecule is Cc1cc(C)cc(NC(N)=NCc2cccc(OCc3ccccn3)c2)c1.I. The first-order chi connectivity index (χ1) is 13.1. The number of hydrogen-bond donors (Lipinski definition) is 2. The van der Waals surface area contributed by atoms with Gasteiger partial charge in [0.2, 0.25) is 0 Å². The number of nitrogens with one attached hydrogen (secondary N) is 1. The number of aromatic nitrogens is 1. The lowest BCUT2D eigenvalue weighted by molar-refractivity contribution is 0.301. The molecule has 0 radical (unpaired) electrons. The quantitative estimate of drug-likeness (QED) is 0.297. The van der Waals surface area contributed by atoms with Gasteiger partial charge in [0, 0.05) is 11.9 Å². The number of hydrogen-bond acceptors (Lipinski definition) is 3. The van der Waals surface area contributed by atoms with Gasteiger partial charge in [-0.05, 0) is 66.9 Å². The summed E-state index contributed by atoms with van der Waals surface area (Å²) < 4.78 is 5.80. The van der Waals surface area contributed by atoms with Crippen molar-refractivity contribution in [1.29, 1.82) is 0 Å². The van der Waals surface area contributed by atoms with E-state index in [1.54, 1.807) is 6.20 Å². The van der Waals surface area contributed by atoms with Gasteiger partial charge < -0.3 is 15.8 Å². The molecule has 0 spiro atoms. The lowest BCUT2D eigenvalue weighted by Crippen LogP contribution is -2.22. The average Bonchev–Trinajstić information content (AvgIpc) is 2.65. The molecule has 3 rings (SSSR count). The van der Waals surface area contributed by atoms with Crippen LogP contribution in [-0.2, 0) is 13.2 Å². The highest BCUT2D eigenvalue weighted by Crippen LogP contribution is 2.16. The van der Waals surface area contributed by atoms with Crippen LogP contribution in [0.15, 0.2) is 71.9 Å². The Morgan fingerprint density at radius 2 is 1.82 bits per heavy atom. The minimum Gasteiger partial charge on any atom is -0.487 e. The van der Waals surface area contributed by atoms with E-state index in [2.05, 4.69) is 35.2 Å². The fourth-order valence-corrected chi connectivity index (χ4v) is 2.79. The van der Waals surface area contributed by atoms with Crippen molar-refractivity contribution >= 4 is 35.6 Å². The van der Waals surface area contributed by atoms with Crippen LogP contribution in [0.3, 0.4) is 0 Å². The van der Waals surface area contributed by atoms with Gasteiger partial charge >= 0.3 is 0 Å². The molecule has 0 fully saturated rings. The Hall–Kier alpha value is -2.61. The van der Waals surface area contributed by atoms with Gasteiger partial charge in [0.1, 0.15) is 12.4 Å². The Morgan fingerprint density at radius 3 is 2.54 bits per heavy atom. The summed E-state index contributed by atoms with van der Waals surface area (Å²) in [4.78, 5) is 8.68. The van der Waals surface area contributed by atoms with Gasteiger partial charge in [0.25, 0.3) is 0 Å². The van der Waals surface area contributed by atoms with Crippen molar-refractivity contribution in [3.63, 3.8) is 0 Å². The minimum atomic E-state index is 0. The van der Waals surface area contributed by atoms with Crippen LogP contribution < -0.4 is 15.8 Å². The topological polar surface area (TPSA) is 72.5 Å². The molecule has 3 aromatic rings. The number of pyridine rings is 1. The highest BCUT2D eigenvalue weighted by molar-refractivity contribution is 14.0. The van der Waals surface area contributed by atoms with Crippen molar-refractivity contribution in [3.8, 4) is 5.75 Å². The summed E-state index contributed by atoms with van der Waals surface area (Å²) in [6.07, 6.45) is 1.76. The van der Waals surface area contributed by atoms with Crippen LogP contribution in [0.25, 0.3) is 0 Å². The van der Waals surface area contributed by atoms with E-state index >= 15 is 0 Å². The first kappa shape index (κ1) is 21.7. The third kappa shape index (κ3) is 6.84. The molecule has 0 atom stereocenters. The van der Waals surface area contributed by atoms with Gasteiger partial charge in [-0.3, -0.25) is 4.98 Å². The second kappa shape index (κ2) is 10.7. The van der Waals surface area contributed by atoms with Gasteiger partial charge in [-0.1, -0.05) is 24.3 Å². The van der Waals surface area contributed by atoms with E-state index in [0.29, 0.717) is 19.1 Å². The maximum Gasteiger partial charge on any atom is 0.193 e. The van der Waals surface area contributed by atoms with Crippen LogP contribution in [0, 0.1) is 13.8 Å². The molecule has 0 bridgehead atoms. The minimum absolute atomic E-state index is 0. The maximum atomic E-state index is 6.03. The molecule has 6 heteroatoms. The van der Waals surface area contributed by atoms with Gasteiger partial charge in [-0.15, -0.1) is 24.0 Å². The summed E-state index contributed by atoms with van der Waals surface area (Å²) >= 11 is 0. The van der Waals surface area contributed by atoms with E-state index in [-0.39, 0.29) is 24.0 Å². The number of aryl methyl sites for hydroxylation is 2. The highest BCUT2D eigenvalue weighted by atomic mass is 127. The lowest BCUT2D eigenvalue weighted by atomic mass is 10.1.